The number of hydrogen-bond acceptors (Lipinski definition) is 2. The van der Waals surface area contributed by atoms with Crippen molar-refractivity contribution >= 4 is 23.4 Å². The lowest BCUT2D eigenvalue weighted by molar-refractivity contribution is 0.0697. The molecule has 0 aliphatic rings. The van der Waals surface area contributed by atoms with E-state index in [0.717, 1.165) is 5.56 Å². The summed E-state index contributed by atoms with van der Waals surface area (Å²) >= 11 is 5.39. The van der Waals surface area contributed by atoms with Gasteiger partial charge in [0.05, 0.1) is 11.4 Å². The first-order chi connectivity index (χ1) is 6.56. The van der Waals surface area contributed by atoms with Crippen LogP contribution in [-0.2, 0) is 0 Å². The van der Waals surface area contributed by atoms with Crippen molar-refractivity contribution in [1.29, 1.82) is 0 Å². The van der Waals surface area contributed by atoms with E-state index in [1.807, 2.05) is 0 Å². The van der Waals surface area contributed by atoms with Gasteiger partial charge in [-0.1, -0.05) is 6.07 Å². The van der Waals surface area contributed by atoms with Crippen LogP contribution < -0.4 is 0 Å². The van der Waals surface area contributed by atoms with E-state index in [0.29, 0.717) is 5.56 Å². The third-order valence-electron chi connectivity index (χ3n) is 1.91. The Morgan fingerprint density at radius 2 is 2.07 bits per heavy atom. The molecule has 0 fully saturated rings. The lowest BCUT2D eigenvalue weighted by atomic mass is 10.0. The van der Waals surface area contributed by atoms with Crippen LogP contribution in [0, 0.1) is 6.92 Å². The number of benzene rings is 1. The predicted molar refractivity (Wildman–Crippen MR) is 53.2 cm³/mol. The van der Waals surface area contributed by atoms with E-state index in [1.54, 1.807) is 13.0 Å². The smallest absolute Gasteiger partial charge is 0.335 e. The van der Waals surface area contributed by atoms with Crippen molar-refractivity contribution in [3.63, 3.8) is 0 Å². The van der Waals surface area contributed by atoms with E-state index in [-0.39, 0.29) is 17.2 Å². The molecule has 1 aromatic carbocycles. The number of Topliss-reactive ketones (excluding diaryl/α,β-unsaturated/α-hetero) is 1. The summed E-state index contributed by atoms with van der Waals surface area (Å²) in [4.78, 5) is 21.9. The number of carbonyl (C=O) groups excluding carboxylic acids is 1. The van der Waals surface area contributed by atoms with Gasteiger partial charge in [-0.3, -0.25) is 4.79 Å². The molecule has 74 valence electrons. The Bertz CT molecular complexity index is 385. The number of aromatic carboxylic acids is 1. The Labute approximate surface area is 86.3 Å². The number of carboxylic acid groups (broad SMARTS) is 1. The molecular weight excluding hydrogens is 204 g/mol. The van der Waals surface area contributed by atoms with Gasteiger partial charge in [0.1, 0.15) is 0 Å². The lowest BCUT2D eigenvalue weighted by Crippen LogP contribution is -2.06. The third-order valence-corrected chi connectivity index (χ3v) is 2.15. The number of ketones is 1. The normalized spacial score (nSPS) is 9.86. The number of rotatable bonds is 3. The highest BCUT2D eigenvalue weighted by atomic mass is 35.5. The topological polar surface area (TPSA) is 54.4 Å². The minimum absolute atomic E-state index is 0.101. The standard InChI is InChI=1S/C10H9ClO3/c1-6-2-3-7(10(13)14)4-8(6)9(12)5-11/h2-4H,5H2,1H3,(H,13,14). The summed E-state index contributed by atoms with van der Waals surface area (Å²) in [6, 6.07) is 4.41. The zero-order valence-corrected chi connectivity index (χ0v) is 8.34. The highest BCUT2D eigenvalue weighted by molar-refractivity contribution is 6.30. The molecule has 1 aromatic rings. The fraction of sp³-hybridized carbons (Fsp3) is 0.200. The first-order valence-electron chi connectivity index (χ1n) is 3.99. The molecule has 1 rings (SSSR count). The van der Waals surface area contributed by atoms with Gasteiger partial charge >= 0.3 is 5.97 Å². The Kier molecular flexibility index (Phi) is 3.25. The van der Waals surface area contributed by atoms with Gasteiger partial charge in [-0.2, -0.15) is 0 Å². The first-order valence-corrected chi connectivity index (χ1v) is 4.53. The molecule has 0 atom stereocenters. The number of aryl methyl sites for hydroxylation is 1. The fourth-order valence-corrected chi connectivity index (χ4v) is 1.27. The molecular formula is C10H9ClO3. The molecule has 0 unspecified atom stereocenters. The van der Waals surface area contributed by atoms with Crippen molar-refractivity contribution in [2.75, 3.05) is 5.88 Å². The Balaban J connectivity index is 3.21. The molecule has 3 nitrogen and oxygen atoms in total. The minimum Gasteiger partial charge on any atom is -0.478 e. The average Bonchev–Trinajstić information content (AvgIpc) is 2.17. The van der Waals surface area contributed by atoms with E-state index in [9.17, 15) is 9.59 Å². The number of carbonyl (C=O) groups is 2. The first kappa shape index (κ1) is 10.7. The van der Waals surface area contributed by atoms with Crippen molar-refractivity contribution < 1.29 is 14.7 Å². The van der Waals surface area contributed by atoms with Crippen molar-refractivity contribution in [3.05, 3.63) is 34.9 Å². The molecule has 14 heavy (non-hydrogen) atoms. The zero-order chi connectivity index (χ0) is 10.7. The molecule has 0 spiro atoms. The van der Waals surface area contributed by atoms with Crippen LogP contribution in [0.1, 0.15) is 26.3 Å². The second-order valence-electron chi connectivity index (χ2n) is 2.89. The maximum absolute atomic E-state index is 11.3. The van der Waals surface area contributed by atoms with Crippen LogP contribution in [0.3, 0.4) is 0 Å². The van der Waals surface area contributed by atoms with Crippen LogP contribution in [0.5, 0.6) is 0 Å². The lowest BCUT2D eigenvalue weighted by Gasteiger charge is -2.03. The van der Waals surface area contributed by atoms with Gasteiger partial charge in [0.25, 0.3) is 0 Å². The fourth-order valence-electron chi connectivity index (χ4n) is 1.13. The predicted octanol–water partition coefficient (Wildman–Crippen LogP) is 2.11. The molecule has 0 aliphatic carbocycles. The van der Waals surface area contributed by atoms with E-state index in [4.69, 9.17) is 16.7 Å². The quantitative estimate of drug-likeness (QED) is 0.617. The van der Waals surface area contributed by atoms with Crippen molar-refractivity contribution in [2.24, 2.45) is 0 Å². The van der Waals surface area contributed by atoms with Crippen LogP contribution in [-0.4, -0.2) is 22.7 Å². The summed E-state index contributed by atoms with van der Waals surface area (Å²) in [5.74, 6) is -1.44. The second kappa shape index (κ2) is 4.24. The van der Waals surface area contributed by atoms with E-state index >= 15 is 0 Å². The third kappa shape index (κ3) is 2.12. The molecule has 0 radical (unpaired) electrons. The van der Waals surface area contributed by atoms with E-state index in [1.165, 1.54) is 12.1 Å². The molecule has 0 saturated heterocycles. The summed E-state index contributed by atoms with van der Waals surface area (Å²) in [6.45, 7) is 1.74. The molecule has 0 bridgehead atoms. The van der Waals surface area contributed by atoms with Crippen molar-refractivity contribution in [1.82, 2.24) is 0 Å². The van der Waals surface area contributed by atoms with Gasteiger partial charge in [-0.25, -0.2) is 4.79 Å². The highest BCUT2D eigenvalue weighted by Crippen LogP contribution is 2.12. The van der Waals surface area contributed by atoms with Gasteiger partial charge in [0, 0.05) is 5.56 Å². The SMILES string of the molecule is Cc1ccc(C(=O)O)cc1C(=O)CCl. The van der Waals surface area contributed by atoms with Gasteiger partial charge in [0.15, 0.2) is 5.78 Å². The van der Waals surface area contributed by atoms with Gasteiger partial charge < -0.3 is 5.11 Å². The molecule has 0 amide bonds. The molecule has 0 aliphatic heterocycles. The summed E-state index contributed by atoms with van der Waals surface area (Å²) < 4.78 is 0. The van der Waals surface area contributed by atoms with Crippen LogP contribution in [0.25, 0.3) is 0 Å². The minimum atomic E-state index is -1.05. The largest absolute Gasteiger partial charge is 0.478 e. The Hall–Kier alpha value is -1.35. The van der Waals surface area contributed by atoms with Gasteiger partial charge in [-0.05, 0) is 24.6 Å². The molecule has 4 heteroatoms. The van der Waals surface area contributed by atoms with E-state index in [2.05, 4.69) is 0 Å². The number of halogens is 1. The zero-order valence-electron chi connectivity index (χ0n) is 7.58. The second-order valence-corrected chi connectivity index (χ2v) is 3.16. The molecule has 0 heterocycles. The maximum Gasteiger partial charge on any atom is 0.335 e. The summed E-state index contributed by atoms with van der Waals surface area (Å²) in [5.41, 5.74) is 1.21. The van der Waals surface area contributed by atoms with Crippen LogP contribution in [0.15, 0.2) is 18.2 Å². The highest BCUT2D eigenvalue weighted by Gasteiger charge is 2.11. The van der Waals surface area contributed by atoms with Crippen molar-refractivity contribution in [3.8, 4) is 0 Å². The summed E-state index contributed by atoms with van der Waals surface area (Å²) in [5, 5.41) is 8.71. The summed E-state index contributed by atoms with van der Waals surface area (Å²) in [6.07, 6.45) is 0. The summed E-state index contributed by atoms with van der Waals surface area (Å²) in [7, 11) is 0. The number of hydrogen-bond donors (Lipinski definition) is 1. The van der Waals surface area contributed by atoms with Crippen LogP contribution in [0.4, 0.5) is 0 Å². The number of alkyl halides is 1. The van der Waals surface area contributed by atoms with Crippen LogP contribution in [0.2, 0.25) is 0 Å². The molecule has 0 saturated carbocycles. The Morgan fingerprint density at radius 1 is 1.43 bits per heavy atom. The van der Waals surface area contributed by atoms with E-state index < -0.39 is 5.97 Å². The molecule has 0 aromatic heterocycles. The number of carboxylic acids is 1. The Morgan fingerprint density at radius 3 is 2.57 bits per heavy atom. The van der Waals surface area contributed by atoms with Gasteiger partial charge in [0.2, 0.25) is 0 Å². The molecule has 1 N–H and O–H groups in total. The monoisotopic (exact) mass is 212 g/mol. The maximum atomic E-state index is 11.3. The van der Waals surface area contributed by atoms with Crippen LogP contribution >= 0.6 is 11.6 Å². The van der Waals surface area contributed by atoms with Gasteiger partial charge in [-0.15, -0.1) is 11.6 Å². The average molecular weight is 213 g/mol. The van der Waals surface area contributed by atoms with Crippen molar-refractivity contribution in [2.45, 2.75) is 6.92 Å².